The molecule has 0 atom stereocenters. The van der Waals surface area contributed by atoms with E-state index in [1.807, 2.05) is 6.07 Å². The van der Waals surface area contributed by atoms with Crippen molar-refractivity contribution in [3.63, 3.8) is 0 Å². The monoisotopic (exact) mass is 311 g/mol. The van der Waals surface area contributed by atoms with Crippen molar-refractivity contribution in [3.05, 3.63) is 35.9 Å². The van der Waals surface area contributed by atoms with Crippen LogP contribution in [0.4, 0.5) is 8.78 Å². The Balaban J connectivity index is 2.66. The van der Waals surface area contributed by atoms with E-state index in [1.54, 1.807) is 24.3 Å². The first kappa shape index (κ1) is 16.3. The molecule has 0 saturated carbocycles. The van der Waals surface area contributed by atoms with Gasteiger partial charge in [-0.3, -0.25) is 0 Å². The van der Waals surface area contributed by atoms with Crippen LogP contribution in [0.3, 0.4) is 0 Å². The Morgan fingerprint density at radius 3 is 2.37 bits per heavy atom. The molecule has 0 radical (unpaired) electrons. The second-order valence-electron chi connectivity index (χ2n) is 3.99. The van der Waals surface area contributed by atoms with Crippen molar-refractivity contribution in [3.8, 4) is 0 Å². The highest BCUT2D eigenvalue weighted by molar-refractivity contribution is 7.89. The molecule has 0 aliphatic rings. The van der Waals surface area contributed by atoms with Gasteiger partial charge in [0, 0.05) is 12.4 Å². The number of nitrogens with zero attached hydrogens (tertiary/aromatic N) is 1. The van der Waals surface area contributed by atoms with Gasteiger partial charge in [0.25, 0.3) is 6.43 Å². The molecule has 0 aliphatic carbocycles. The summed E-state index contributed by atoms with van der Waals surface area (Å²) in [7, 11) is -3.71. The van der Waals surface area contributed by atoms with Crippen LogP contribution < -0.4 is 0 Å². The molecule has 7 heteroatoms. The van der Waals surface area contributed by atoms with E-state index in [0.29, 0.717) is 6.42 Å². The van der Waals surface area contributed by atoms with E-state index in [1.165, 1.54) is 0 Å². The van der Waals surface area contributed by atoms with Gasteiger partial charge in [0.05, 0.1) is 12.3 Å². The minimum atomic E-state index is -3.71. The van der Waals surface area contributed by atoms with Crippen molar-refractivity contribution in [2.45, 2.75) is 12.8 Å². The summed E-state index contributed by atoms with van der Waals surface area (Å²) < 4.78 is 49.4. The predicted octanol–water partition coefficient (Wildman–Crippen LogP) is 2.36. The number of sulfonamides is 1. The second kappa shape index (κ2) is 7.77. The molecule has 0 unspecified atom stereocenters. The molecular weight excluding hydrogens is 296 g/mol. The summed E-state index contributed by atoms with van der Waals surface area (Å²) in [4.78, 5) is 0. The SMILES string of the molecule is O=S(=O)(CCc1ccccc1)N(CCCl)CC(F)F. The number of hydrogen-bond acceptors (Lipinski definition) is 2. The zero-order chi connectivity index (χ0) is 14.3. The molecule has 0 heterocycles. The van der Waals surface area contributed by atoms with E-state index in [4.69, 9.17) is 11.6 Å². The third-order valence-corrected chi connectivity index (χ3v) is 4.57. The molecule has 19 heavy (non-hydrogen) atoms. The highest BCUT2D eigenvalue weighted by atomic mass is 35.5. The average molecular weight is 312 g/mol. The average Bonchev–Trinajstić information content (AvgIpc) is 2.37. The summed E-state index contributed by atoms with van der Waals surface area (Å²) in [6, 6.07) is 9.03. The molecule has 1 aromatic rings. The molecule has 0 spiro atoms. The number of alkyl halides is 3. The number of aryl methyl sites for hydroxylation is 1. The Bertz CT molecular complexity index is 468. The van der Waals surface area contributed by atoms with Crippen LogP contribution in [-0.2, 0) is 16.4 Å². The molecule has 0 aromatic heterocycles. The zero-order valence-electron chi connectivity index (χ0n) is 10.3. The maximum atomic E-state index is 12.4. The first-order valence-corrected chi connectivity index (χ1v) is 7.96. The van der Waals surface area contributed by atoms with Gasteiger partial charge in [-0.15, -0.1) is 11.6 Å². The van der Waals surface area contributed by atoms with Crippen molar-refractivity contribution in [1.29, 1.82) is 0 Å². The number of benzene rings is 1. The maximum Gasteiger partial charge on any atom is 0.252 e. The number of hydrogen-bond donors (Lipinski definition) is 0. The first-order valence-electron chi connectivity index (χ1n) is 5.81. The summed E-state index contributed by atoms with van der Waals surface area (Å²) in [6.07, 6.45) is -2.40. The van der Waals surface area contributed by atoms with Crippen LogP contribution in [0.2, 0.25) is 0 Å². The predicted molar refractivity (Wildman–Crippen MR) is 72.2 cm³/mol. The van der Waals surface area contributed by atoms with Gasteiger partial charge in [0.1, 0.15) is 0 Å². The molecule has 0 saturated heterocycles. The summed E-state index contributed by atoms with van der Waals surface area (Å²) >= 11 is 5.45. The number of halogens is 3. The molecule has 1 rings (SSSR count). The normalized spacial score (nSPS) is 12.3. The zero-order valence-corrected chi connectivity index (χ0v) is 11.9. The van der Waals surface area contributed by atoms with E-state index >= 15 is 0 Å². The standard InChI is InChI=1S/C12H16ClF2NO2S/c13-7-8-16(10-12(14)15)19(17,18)9-6-11-4-2-1-3-5-11/h1-5,12H,6-10H2. The third-order valence-electron chi connectivity index (χ3n) is 2.56. The van der Waals surface area contributed by atoms with Crippen molar-refractivity contribution < 1.29 is 17.2 Å². The van der Waals surface area contributed by atoms with Crippen LogP contribution in [-0.4, -0.2) is 43.9 Å². The molecule has 0 amide bonds. The van der Waals surface area contributed by atoms with Crippen LogP contribution >= 0.6 is 11.6 Å². The third kappa shape index (κ3) is 5.84. The Morgan fingerprint density at radius 2 is 1.84 bits per heavy atom. The highest BCUT2D eigenvalue weighted by Gasteiger charge is 2.24. The van der Waals surface area contributed by atoms with Crippen LogP contribution in [0.1, 0.15) is 5.56 Å². The van der Waals surface area contributed by atoms with E-state index in [0.717, 1.165) is 9.87 Å². The van der Waals surface area contributed by atoms with Gasteiger partial charge in [-0.1, -0.05) is 30.3 Å². The fourth-order valence-electron chi connectivity index (χ4n) is 1.61. The summed E-state index contributed by atoms with van der Waals surface area (Å²) in [6.45, 7) is -0.896. The maximum absolute atomic E-state index is 12.4. The van der Waals surface area contributed by atoms with Crippen molar-refractivity contribution >= 4 is 21.6 Å². The molecule has 1 aromatic carbocycles. The lowest BCUT2D eigenvalue weighted by atomic mass is 10.2. The van der Waals surface area contributed by atoms with E-state index in [2.05, 4.69) is 0 Å². The smallest absolute Gasteiger partial charge is 0.212 e. The molecule has 3 nitrogen and oxygen atoms in total. The minimum absolute atomic E-state index is 0.00269. The Kier molecular flexibility index (Phi) is 6.68. The quantitative estimate of drug-likeness (QED) is 0.691. The molecule has 0 fully saturated rings. The van der Waals surface area contributed by atoms with E-state index in [9.17, 15) is 17.2 Å². The summed E-state index contributed by atoms with van der Waals surface area (Å²) in [5.41, 5.74) is 0.856. The second-order valence-corrected chi connectivity index (χ2v) is 6.46. The van der Waals surface area contributed by atoms with Gasteiger partial charge in [0.2, 0.25) is 10.0 Å². The molecule has 0 bridgehead atoms. The van der Waals surface area contributed by atoms with Gasteiger partial charge in [-0.05, 0) is 12.0 Å². The van der Waals surface area contributed by atoms with Gasteiger partial charge in [0.15, 0.2) is 0 Å². The fraction of sp³-hybridized carbons (Fsp3) is 0.500. The van der Waals surface area contributed by atoms with Crippen molar-refractivity contribution in [1.82, 2.24) is 4.31 Å². The Labute approximate surface area is 117 Å². The van der Waals surface area contributed by atoms with Crippen molar-refractivity contribution in [2.24, 2.45) is 0 Å². The van der Waals surface area contributed by atoms with Crippen LogP contribution in [0.15, 0.2) is 30.3 Å². The first-order chi connectivity index (χ1) is 8.95. The van der Waals surface area contributed by atoms with Crippen molar-refractivity contribution in [2.75, 3.05) is 24.7 Å². The lowest BCUT2D eigenvalue weighted by Crippen LogP contribution is -2.38. The lowest BCUT2D eigenvalue weighted by molar-refractivity contribution is 0.121. The number of rotatable bonds is 8. The molecular formula is C12H16ClF2NO2S. The van der Waals surface area contributed by atoms with Gasteiger partial charge >= 0.3 is 0 Å². The molecule has 0 N–H and O–H groups in total. The summed E-state index contributed by atoms with van der Waals surface area (Å²) in [5.74, 6) is -0.197. The van der Waals surface area contributed by atoms with Gasteiger partial charge in [-0.2, -0.15) is 4.31 Å². The molecule has 108 valence electrons. The molecule has 0 aliphatic heterocycles. The summed E-state index contributed by atoms with van der Waals surface area (Å²) in [5, 5.41) is 0. The largest absolute Gasteiger partial charge is 0.252 e. The Hall–Kier alpha value is -0.720. The Morgan fingerprint density at radius 1 is 1.21 bits per heavy atom. The van der Waals surface area contributed by atoms with Crippen LogP contribution in [0.25, 0.3) is 0 Å². The van der Waals surface area contributed by atoms with Crippen LogP contribution in [0, 0.1) is 0 Å². The fourth-order valence-corrected chi connectivity index (χ4v) is 3.38. The highest BCUT2D eigenvalue weighted by Crippen LogP contribution is 2.09. The van der Waals surface area contributed by atoms with E-state index in [-0.39, 0.29) is 18.2 Å². The minimum Gasteiger partial charge on any atom is -0.212 e. The van der Waals surface area contributed by atoms with Crippen LogP contribution in [0.5, 0.6) is 0 Å². The topological polar surface area (TPSA) is 37.4 Å². The van der Waals surface area contributed by atoms with E-state index < -0.39 is 23.0 Å². The van der Waals surface area contributed by atoms with Gasteiger partial charge in [-0.25, -0.2) is 17.2 Å². The lowest BCUT2D eigenvalue weighted by Gasteiger charge is -2.20. The van der Waals surface area contributed by atoms with Gasteiger partial charge < -0.3 is 0 Å².